The zero-order valence-corrected chi connectivity index (χ0v) is 15.3. The van der Waals surface area contributed by atoms with Gasteiger partial charge < -0.3 is 20.5 Å². The lowest BCUT2D eigenvalue weighted by molar-refractivity contribution is 0.0955. The Labute approximate surface area is 155 Å². The van der Waals surface area contributed by atoms with E-state index in [2.05, 4.69) is 9.69 Å². The summed E-state index contributed by atoms with van der Waals surface area (Å²) in [6, 6.07) is 14.9. The number of ether oxygens (including phenoxy) is 2. The minimum Gasteiger partial charge on any atom is -0.497 e. The number of anilines is 1. The van der Waals surface area contributed by atoms with Gasteiger partial charge in [0.2, 0.25) is 0 Å². The average molecular weight is 369 g/mol. The number of nitrogens with zero attached hydrogens (tertiary/aromatic N) is 1. The van der Waals surface area contributed by atoms with E-state index < -0.39 is 0 Å². The number of nitrogen functional groups attached to an aromatic ring is 1. The van der Waals surface area contributed by atoms with E-state index >= 15 is 0 Å². The van der Waals surface area contributed by atoms with Crippen LogP contribution in [0.5, 0.6) is 11.5 Å². The molecule has 0 fully saturated rings. The van der Waals surface area contributed by atoms with E-state index in [1.807, 2.05) is 48.5 Å². The molecule has 0 unspecified atom stereocenters. The molecule has 0 aliphatic heterocycles. The van der Waals surface area contributed by atoms with Gasteiger partial charge in [0.15, 0.2) is 0 Å². The third-order valence-corrected chi connectivity index (χ3v) is 4.79. The minimum atomic E-state index is -0.259. The number of nitrogens with two attached hydrogens (primary N) is 1. The number of benzene rings is 2. The maximum atomic E-state index is 12.5. The summed E-state index contributed by atoms with van der Waals surface area (Å²) in [6.45, 7) is 0.345. The molecule has 1 amide bonds. The highest BCUT2D eigenvalue weighted by atomic mass is 32.1. The van der Waals surface area contributed by atoms with Gasteiger partial charge in [-0.05, 0) is 41.9 Å². The number of methoxy groups -OCH3 is 2. The molecule has 0 bridgehead atoms. The first-order valence-electron chi connectivity index (χ1n) is 7.93. The van der Waals surface area contributed by atoms with Crippen molar-refractivity contribution in [3.63, 3.8) is 0 Å². The van der Waals surface area contributed by atoms with Crippen LogP contribution in [0.4, 0.5) is 5.69 Å². The molecular formula is C19H19N3O3S. The fraction of sp³-hybridized carbons (Fsp3) is 0.158. The van der Waals surface area contributed by atoms with Crippen molar-refractivity contribution in [2.75, 3.05) is 20.0 Å². The molecule has 26 heavy (non-hydrogen) atoms. The summed E-state index contributed by atoms with van der Waals surface area (Å²) in [5.74, 6) is 1.21. The highest BCUT2D eigenvalue weighted by Crippen LogP contribution is 2.31. The molecule has 3 rings (SSSR count). The lowest BCUT2D eigenvalue weighted by Crippen LogP contribution is -2.23. The average Bonchev–Trinajstić information content (AvgIpc) is 3.07. The van der Waals surface area contributed by atoms with Crippen molar-refractivity contribution in [3.05, 3.63) is 59.0 Å². The maximum absolute atomic E-state index is 12.5. The molecule has 0 atom stereocenters. The number of nitrogens with one attached hydrogen (secondary N) is 1. The van der Waals surface area contributed by atoms with Crippen LogP contribution in [-0.2, 0) is 6.54 Å². The lowest BCUT2D eigenvalue weighted by Gasteiger charge is -2.09. The van der Waals surface area contributed by atoms with Gasteiger partial charge >= 0.3 is 0 Å². The van der Waals surface area contributed by atoms with Crippen molar-refractivity contribution >= 4 is 23.1 Å². The van der Waals surface area contributed by atoms with E-state index in [-0.39, 0.29) is 5.91 Å². The predicted molar refractivity (Wildman–Crippen MR) is 103 cm³/mol. The van der Waals surface area contributed by atoms with Crippen LogP contribution in [0.1, 0.15) is 15.2 Å². The summed E-state index contributed by atoms with van der Waals surface area (Å²) in [5, 5.41) is 2.87. The molecule has 6 nitrogen and oxygen atoms in total. The van der Waals surface area contributed by atoms with Crippen LogP contribution in [0.15, 0.2) is 48.5 Å². The Bertz CT molecular complexity index is 907. The third kappa shape index (κ3) is 3.62. The molecule has 1 heterocycles. The number of amides is 1. The van der Waals surface area contributed by atoms with Crippen LogP contribution in [-0.4, -0.2) is 24.5 Å². The molecule has 0 aliphatic rings. The first-order chi connectivity index (χ1) is 12.6. The van der Waals surface area contributed by atoms with Crippen molar-refractivity contribution in [1.29, 1.82) is 0 Å². The Balaban J connectivity index is 1.75. The lowest BCUT2D eigenvalue weighted by atomic mass is 10.1. The van der Waals surface area contributed by atoms with Crippen LogP contribution in [0, 0.1) is 0 Å². The Morgan fingerprint density at radius 2 is 1.85 bits per heavy atom. The van der Waals surface area contributed by atoms with Gasteiger partial charge in [-0.15, -0.1) is 0 Å². The van der Waals surface area contributed by atoms with Crippen molar-refractivity contribution < 1.29 is 14.3 Å². The number of rotatable bonds is 6. The molecule has 3 aromatic rings. The summed E-state index contributed by atoms with van der Waals surface area (Å²) in [4.78, 5) is 12.9. The first kappa shape index (κ1) is 17.8. The van der Waals surface area contributed by atoms with Crippen LogP contribution in [0.3, 0.4) is 0 Å². The zero-order chi connectivity index (χ0) is 18.5. The van der Waals surface area contributed by atoms with Gasteiger partial charge in [0.05, 0.1) is 19.9 Å². The second-order valence-corrected chi connectivity index (χ2v) is 6.27. The number of para-hydroxylation sites is 1. The van der Waals surface area contributed by atoms with Crippen LogP contribution < -0.4 is 20.5 Å². The summed E-state index contributed by atoms with van der Waals surface area (Å²) < 4.78 is 14.8. The van der Waals surface area contributed by atoms with E-state index in [1.165, 1.54) is 0 Å². The Hall–Kier alpha value is -3.06. The van der Waals surface area contributed by atoms with E-state index in [1.54, 1.807) is 14.2 Å². The van der Waals surface area contributed by atoms with Crippen molar-refractivity contribution in [1.82, 2.24) is 9.69 Å². The van der Waals surface area contributed by atoms with E-state index in [0.717, 1.165) is 34.2 Å². The quantitative estimate of drug-likeness (QED) is 0.696. The van der Waals surface area contributed by atoms with E-state index in [0.29, 0.717) is 22.8 Å². The van der Waals surface area contributed by atoms with Gasteiger partial charge in [-0.2, -0.15) is 4.37 Å². The SMILES string of the molecule is COc1ccc(-c2nsc(C(=O)NCc3ccccc3OC)c2N)cc1. The molecule has 0 saturated carbocycles. The number of hydrogen-bond donors (Lipinski definition) is 2. The highest BCUT2D eigenvalue weighted by Gasteiger charge is 2.18. The van der Waals surface area contributed by atoms with Gasteiger partial charge in [0.25, 0.3) is 5.91 Å². The first-order valence-corrected chi connectivity index (χ1v) is 8.71. The normalized spacial score (nSPS) is 10.4. The molecule has 7 heteroatoms. The fourth-order valence-corrected chi connectivity index (χ4v) is 3.26. The largest absolute Gasteiger partial charge is 0.497 e. The topological polar surface area (TPSA) is 86.5 Å². The molecule has 0 radical (unpaired) electrons. The van der Waals surface area contributed by atoms with Gasteiger partial charge in [-0.3, -0.25) is 4.79 Å². The molecule has 0 aliphatic carbocycles. The van der Waals surface area contributed by atoms with Gasteiger partial charge in [0.1, 0.15) is 22.1 Å². The Kier molecular flexibility index (Phi) is 5.38. The van der Waals surface area contributed by atoms with Gasteiger partial charge in [0, 0.05) is 17.7 Å². The zero-order valence-electron chi connectivity index (χ0n) is 14.5. The Morgan fingerprint density at radius 3 is 2.54 bits per heavy atom. The van der Waals surface area contributed by atoms with E-state index in [4.69, 9.17) is 15.2 Å². The smallest absolute Gasteiger partial charge is 0.265 e. The van der Waals surface area contributed by atoms with Gasteiger partial charge in [-0.1, -0.05) is 18.2 Å². The molecule has 2 aromatic carbocycles. The van der Waals surface area contributed by atoms with Crippen LogP contribution >= 0.6 is 11.5 Å². The van der Waals surface area contributed by atoms with Gasteiger partial charge in [-0.25, -0.2) is 0 Å². The second kappa shape index (κ2) is 7.88. The number of carbonyl (C=O) groups excluding carboxylic acids is 1. The molecule has 0 saturated heterocycles. The monoisotopic (exact) mass is 369 g/mol. The molecular weight excluding hydrogens is 350 g/mol. The number of aromatic nitrogens is 1. The number of hydrogen-bond acceptors (Lipinski definition) is 6. The summed E-state index contributed by atoms with van der Waals surface area (Å²) in [5.41, 5.74) is 8.86. The summed E-state index contributed by atoms with van der Waals surface area (Å²) >= 11 is 1.08. The Morgan fingerprint density at radius 1 is 1.12 bits per heavy atom. The van der Waals surface area contributed by atoms with Crippen molar-refractivity contribution in [2.45, 2.75) is 6.54 Å². The van der Waals surface area contributed by atoms with Crippen LogP contribution in [0.2, 0.25) is 0 Å². The molecule has 1 aromatic heterocycles. The minimum absolute atomic E-state index is 0.259. The van der Waals surface area contributed by atoms with Crippen molar-refractivity contribution in [3.8, 4) is 22.8 Å². The standard InChI is InChI=1S/C19H19N3O3S/c1-24-14-9-7-12(8-10-14)17-16(20)18(26-22-17)19(23)21-11-13-5-3-4-6-15(13)25-2/h3-10H,11,20H2,1-2H3,(H,21,23). The maximum Gasteiger partial charge on any atom is 0.265 e. The fourth-order valence-electron chi connectivity index (χ4n) is 2.52. The molecule has 0 spiro atoms. The number of carbonyl (C=O) groups is 1. The summed E-state index contributed by atoms with van der Waals surface area (Å²) in [6.07, 6.45) is 0. The third-order valence-electron chi connectivity index (χ3n) is 3.93. The summed E-state index contributed by atoms with van der Waals surface area (Å²) in [7, 11) is 3.21. The van der Waals surface area contributed by atoms with Crippen molar-refractivity contribution in [2.24, 2.45) is 0 Å². The molecule has 134 valence electrons. The highest BCUT2D eigenvalue weighted by molar-refractivity contribution is 7.09. The predicted octanol–water partition coefficient (Wildman–Crippen LogP) is 3.34. The molecule has 3 N–H and O–H groups in total. The van der Waals surface area contributed by atoms with E-state index in [9.17, 15) is 4.79 Å². The van der Waals surface area contributed by atoms with Crippen LogP contribution in [0.25, 0.3) is 11.3 Å². The second-order valence-electron chi connectivity index (χ2n) is 5.50.